The SMILES string of the molecule is CC(C)=CCC/C(C)=C/CCC1(C)CCC(O)O1. The quantitative estimate of drug-likeness (QED) is 0.712. The molecule has 0 spiro atoms. The topological polar surface area (TPSA) is 29.5 Å². The Balaban J connectivity index is 2.25. The Morgan fingerprint density at radius 1 is 1.28 bits per heavy atom. The second kappa shape index (κ2) is 7.10. The molecule has 104 valence electrons. The molecule has 1 saturated heterocycles. The first-order valence-electron chi connectivity index (χ1n) is 7.06. The average Bonchev–Trinajstić information content (AvgIpc) is 2.58. The molecule has 2 nitrogen and oxygen atoms in total. The lowest BCUT2D eigenvalue weighted by Crippen LogP contribution is -2.24. The van der Waals surface area contributed by atoms with E-state index in [1.807, 2.05) is 0 Å². The van der Waals surface area contributed by atoms with Crippen LogP contribution in [0.3, 0.4) is 0 Å². The van der Waals surface area contributed by atoms with Crippen molar-refractivity contribution in [1.82, 2.24) is 0 Å². The molecule has 0 saturated carbocycles. The molecule has 2 heteroatoms. The smallest absolute Gasteiger partial charge is 0.155 e. The van der Waals surface area contributed by atoms with E-state index in [2.05, 4.69) is 39.8 Å². The summed E-state index contributed by atoms with van der Waals surface area (Å²) in [5.41, 5.74) is 2.73. The molecule has 18 heavy (non-hydrogen) atoms. The van der Waals surface area contributed by atoms with Gasteiger partial charge < -0.3 is 9.84 Å². The normalized spacial score (nSPS) is 28.5. The van der Waals surface area contributed by atoms with Crippen molar-refractivity contribution in [2.45, 2.75) is 78.1 Å². The zero-order chi connectivity index (χ0) is 13.6. The van der Waals surface area contributed by atoms with Crippen LogP contribution in [0.1, 0.15) is 66.2 Å². The van der Waals surface area contributed by atoms with E-state index in [1.165, 1.54) is 11.1 Å². The first kappa shape index (κ1) is 15.5. The fourth-order valence-electron chi connectivity index (χ4n) is 2.37. The summed E-state index contributed by atoms with van der Waals surface area (Å²) in [4.78, 5) is 0. The number of ether oxygens (including phenoxy) is 1. The molecule has 1 rings (SSSR count). The molecular formula is C16H28O2. The molecule has 1 aliphatic rings. The van der Waals surface area contributed by atoms with E-state index in [0.717, 1.165) is 38.5 Å². The number of aliphatic hydroxyl groups is 1. The van der Waals surface area contributed by atoms with Crippen LogP contribution in [0.25, 0.3) is 0 Å². The maximum absolute atomic E-state index is 9.40. The number of aliphatic hydroxyl groups excluding tert-OH is 1. The van der Waals surface area contributed by atoms with E-state index < -0.39 is 6.29 Å². The predicted molar refractivity (Wildman–Crippen MR) is 76.4 cm³/mol. The summed E-state index contributed by atoms with van der Waals surface area (Å²) in [6.45, 7) is 8.59. The predicted octanol–water partition coefficient (Wildman–Crippen LogP) is 4.35. The zero-order valence-electron chi connectivity index (χ0n) is 12.3. The minimum Gasteiger partial charge on any atom is -0.368 e. The molecule has 0 aromatic carbocycles. The van der Waals surface area contributed by atoms with E-state index in [-0.39, 0.29) is 5.60 Å². The van der Waals surface area contributed by atoms with Crippen molar-refractivity contribution < 1.29 is 9.84 Å². The molecule has 0 aliphatic carbocycles. The van der Waals surface area contributed by atoms with Crippen LogP contribution in [-0.2, 0) is 4.74 Å². The Morgan fingerprint density at radius 3 is 2.56 bits per heavy atom. The molecule has 0 amide bonds. The van der Waals surface area contributed by atoms with Gasteiger partial charge in [-0.2, -0.15) is 0 Å². The second-order valence-electron chi connectivity index (χ2n) is 5.97. The van der Waals surface area contributed by atoms with Crippen molar-refractivity contribution >= 4 is 0 Å². The van der Waals surface area contributed by atoms with Crippen LogP contribution in [-0.4, -0.2) is 17.0 Å². The lowest BCUT2D eigenvalue weighted by molar-refractivity contribution is -0.132. The molecule has 0 aromatic heterocycles. The third-order valence-corrected chi connectivity index (χ3v) is 3.60. The molecule has 1 heterocycles. The molecule has 2 atom stereocenters. The third-order valence-electron chi connectivity index (χ3n) is 3.60. The van der Waals surface area contributed by atoms with Gasteiger partial charge in [-0.25, -0.2) is 0 Å². The maximum atomic E-state index is 9.40. The highest BCUT2D eigenvalue weighted by molar-refractivity contribution is 5.02. The molecule has 2 unspecified atom stereocenters. The van der Waals surface area contributed by atoms with Crippen LogP contribution < -0.4 is 0 Å². The standard InChI is InChI=1S/C16H28O2/c1-13(2)7-5-8-14(3)9-6-11-16(4)12-10-15(17)18-16/h7,9,15,17H,5-6,8,10-12H2,1-4H3/b14-9+. The Kier molecular flexibility index (Phi) is 6.10. The van der Waals surface area contributed by atoms with Gasteiger partial charge in [-0.3, -0.25) is 0 Å². The van der Waals surface area contributed by atoms with E-state index in [1.54, 1.807) is 0 Å². The molecule has 0 radical (unpaired) electrons. The third kappa shape index (κ3) is 5.83. The summed E-state index contributed by atoms with van der Waals surface area (Å²) in [5.74, 6) is 0. The fourth-order valence-corrected chi connectivity index (χ4v) is 2.37. The van der Waals surface area contributed by atoms with Gasteiger partial charge in [-0.05, 0) is 59.8 Å². The van der Waals surface area contributed by atoms with Gasteiger partial charge in [0.1, 0.15) is 0 Å². The van der Waals surface area contributed by atoms with Gasteiger partial charge in [-0.15, -0.1) is 0 Å². The second-order valence-corrected chi connectivity index (χ2v) is 5.97. The summed E-state index contributed by atoms with van der Waals surface area (Å²) in [6, 6.07) is 0. The maximum Gasteiger partial charge on any atom is 0.155 e. The van der Waals surface area contributed by atoms with Crippen LogP contribution >= 0.6 is 0 Å². The average molecular weight is 252 g/mol. The van der Waals surface area contributed by atoms with Crippen molar-refractivity contribution in [2.75, 3.05) is 0 Å². The van der Waals surface area contributed by atoms with E-state index >= 15 is 0 Å². The van der Waals surface area contributed by atoms with Gasteiger partial charge in [0.2, 0.25) is 0 Å². The molecule has 1 aliphatic heterocycles. The van der Waals surface area contributed by atoms with E-state index in [9.17, 15) is 5.11 Å². The molecule has 0 aromatic rings. The number of allylic oxidation sites excluding steroid dienone is 4. The van der Waals surface area contributed by atoms with Crippen molar-refractivity contribution in [1.29, 1.82) is 0 Å². The first-order chi connectivity index (χ1) is 8.41. The number of hydrogen-bond donors (Lipinski definition) is 1. The van der Waals surface area contributed by atoms with Gasteiger partial charge in [0.15, 0.2) is 6.29 Å². The van der Waals surface area contributed by atoms with Crippen molar-refractivity contribution in [3.8, 4) is 0 Å². The highest BCUT2D eigenvalue weighted by Crippen LogP contribution is 2.33. The highest BCUT2D eigenvalue weighted by Gasteiger charge is 2.34. The van der Waals surface area contributed by atoms with E-state index in [4.69, 9.17) is 4.74 Å². The zero-order valence-corrected chi connectivity index (χ0v) is 12.3. The first-order valence-corrected chi connectivity index (χ1v) is 7.06. The van der Waals surface area contributed by atoms with Crippen LogP contribution in [0.15, 0.2) is 23.3 Å². The van der Waals surface area contributed by atoms with Crippen molar-refractivity contribution in [3.05, 3.63) is 23.3 Å². The van der Waals surface area contributed by atoms with Gasteiger partial charge in [0.05, 0.1) is 5.60 Å². The van der Waals surface area contributed by atoms with Gasteiger partial charge in [-0.1, -0.05) is 23.3 Å². The van der Waals surface area contributed by atoms with Crippen molar-refractivity contribution in [2.24, 2.45) is 0 Å². The van der Waals surface area contributed by atoms with E-state index in [0.29, 0.717) is 0 Å². The summed E-state index contributed by atoms with van der Waals surface area (Å²) in [5, 5.41) is 9.40. The lowest BCUT2D eigenvalue weighted by Gasteiger charge is -2.22. The summed E-state index contributed by atoms with van der Waals surface area (Å²) in [6.07, 6.45) is 10.1. The van der Waals surface area contributed by atoms with Gasteiger partial charge in [0, 0.05) is 6.42 Å². The molecule has 1 fully saturated rings. The molecule has 0 bridgehead atoms. The molecular weight excluding hydrogens is 224 g/mol. The summed E-state index contributed by atoms with van der Waals surface area (Å²) < 4.78 is 5.56. The minimum absolute atomic E-state index is 0.115. The lowest BCUT2D eigenvalue weighted by atomic mass is 9.95. The Labute approximate surface area is 112 Å². The minimum atomic E-state index is -0.544. The summed E-state index contributed by atoms with van der Waals surface area (Å²) >= 11 is 0. The Hall–Kier alpha value is -0.600. The largest absolute Gasteiger partial charge is 0.368 e. The van der Waals surface area contributed by atoms with Crippen molar-refractivity contribution in [3.63, 3.8) is 0 Å². The number of hydrogen-bond acceptors (Lipinski definition) is 2. The van der Waals surface area contributed by atoms with Gasteiger partial charge >= 0.3 is 0 Å². The monoisotopic (exact) mass is 252 g/mol. The molecule has 1 N–H and O–H groups in total. The Morgan fingerprint density at radius 2 is 2.00 bits per heavy atom. The summed E-state index contributed by atoms with van der Waals surface area (Å²) in [7, 11) is 0. The Bertz CT molecular complexity index is 313. The van der Waals surface area contributed by atoms with Crippen LogP contribution in [0, 0.1) is 0 Å². The van der Waals surface area contributed by atoms with Crippen LogP contribution in [0.2, 0.25) is 0 Å². The van der Waals surface area contributed by atoms with Crippen LogP contribution in [0.5, 0.6) is 0 Å². The number of rotatable bonds is 6. The van der Waals surface area contributed by atoms with Crippen LogP contribution in [0.4, 0.5) is 0 Å². The fraction of sp³-hybridized carbons (Fsp3) is 0.750. The highest BCUT2D eigenvalue weighted by atomic mass is 16.6. The van der Waals surface area contributed by atoms with Gasteiger partial charge in [0.25, 0.3) is 0 Å².